The summed E-state index contributed by atoms with van der Waals surface area (Å²) in [7, 11) is 0. The van der Waals surface area contributed by atoms with E-state index in [4.69, 9.17) is 9.47 Å². The van der Waals surface area contributed by atoms with Crippen molar-refractivity contribution in [3.63, 3.8) is 0 Å². The Hall–Kier alpha value is 0.650. The predicted octanol–water partition coefficient (Wildman–Crippen LogP) is 3.18. The highest BCUT2D eigenvalue weighted by Gasteiger charge is 2.25. The third-order valence-corrected chi connectivity index (χ3v) is 4.93. The largest absolute Gasteiger partial charge is 0.379 e. The van der Waals surface area contributed by atoms with Gasteiger partial charge in [-0.2, -0.15) is 0 Å². The molecule has 2 atom stereocenters. The zero-order valence-electron chi connectivity index (χ0n) is 9.29. The lowest BCUT2D eigenvalue weighted by atomic mass is 9.86. The quantitative estimate of drug-likeness (QED) is 0.424. The van der Waals surface area contributed by atoms with Crippen molar-refractivity contribution in [2.75, 3.05) is 19.8 Å². The molecule has 2 saturated carbocycles. The molecule has 0 aliphatic heterocycles. The van der Waals surface area contributed by atoms with Crippen molar-refractivity contribution in [3.05, 3.63) is 0 Å². The first-order valence-corrected chi connectivity index (χ1v) is 7.44. The summed E-state index contributed by atoms with van der Waals surface area (Å²) in [4.78, 5) is 0. The predicted molar refractivity (Wildman–Crippen MR) is 69.6 cm³/mol. The Morgan fingerprint density at radius 2 is 1.80 bits per heavy atom. The molecule has 2 aliphatic carbocycles. The van der Waals surface area contributed by atoms with Gasteiger partial charge in [0, 0.05) is 10.5 Å². The minimum absolute atomic E-state index is 0.498. The van der Waals surface area contributed by atoms with Crippen molar-refractivity contribution < 1.29 is 9.47 Å². The van der Waals surface area contributed by atoms with E-state index in [0.717, 1.165) is 29.7 Å². The summed E-state index contributed by atoms with van der Waals surface area (Å²) < 4.78 is 12.2. The van der Waals surface area contributed by atoms with E-state index in [1.165, 1.54) is 38.5 Å². The molecule has 0 amide bonds. The Morgan fingerprint density at radius 1 is 1.00 bits per heavy atom. The van der Waals surface area contributed by atoms with E-state index < -0.39 is 0 Å². The summed E-state index contributed by atoms with van der Waals surface area (Å²) in [6.45, 7) is 2.54. The molecule has 2 rings (SSSR count). The summed E-state index contributed by atoms with van der Waals surface area (Å²) in [5.41, 5.74) is 0. The van der Waals surface area contributed by atoms with Crippen LogP contribution in [0.4, 0.5) is 0 Å². The van der Waals surface area contributed by atoms with Crippen molar-refractivity contribution in [2.45, 2.75) is 48.6 Å². The summed E-state index contributed by atoms with van der Waals surface area (Å²) in [5.74, 6) is 0.855. The van der Waals surface area contributed by atoms with Crippen LogP contribution in [0.25, 0.3) is 0 Å². The van der Waals surface area contributed by atoms with Crippen molar-refractivity contribution in [1.82, 2.24) is 0 Å². The second-order valence-electron chi connectivity index (χ2n) is 4.73. The molecule has 0 heterocycles. The van der Waals surface area contributed by atoms with Gasteiger partial charge in [-0.25, -0.2) is 0 Å². The van der Waals surface area contributed by atoms with E-state index in [9.17, 15) is 0 Å². The standard InChI is InChI=1S/C12H21IO2/c13-11-5-2-6-12(11)15-8-7-14-9-10-3-1-4-10/h10-12H,1-9H2. The first-order valence-electron chi connectivity index (χ1n) is 6.19. The van der Waals surface area contributed by atoms with Crippen LogP contribution in [0.5, 0.6) is 0 Å². The molecule has 3 heteroatoms. The van der Waals surface area contributed by atoms with Gasteiger partial charge < -0.3 is 9.47 Å². The van der Waals surface area contributed by atoms with Gasteiger partial charge in [0.2, 0.25) is 0 Å². The van der Waals surface area contributed by atoms with E-state index in [2.05, 4.69) is 22.6 Å². The Kier molecular flexibility index (Phi) is 5.17. The van der Waals surface area contributed by atoms with E-state index in [1.54, 1.807) is 0 Å². The molecule has 15 heavy (non-hydrogen) atoms. The minimum Gasteiger partial charge on any atom is -0.379 e. The number of alkyl halides is 1. The summed E-state index contributed by atoms with van der Waals surface area (Å²) in [5, 5.41) is 0. The van der Waals surface area contributed by atoms with Crippen LogP contribution in [0.15, 0.2) is 0 Å². The van der Waals surface area contributed by atoms with E-state index in [0.29, 0.717) is 6.10 Å². The van der Waals surface area contributed by atoms with E-state index in [1.807, 2.05) is 0 Å². The SMILES string of the molecule is IC1CCCC1OCCOCC1CCC1. The highest BCUT2D eigenvalue weighted by atomic mass is 127. The maximum absolute atomic E-state index is 5.82. The average Bonchev–Trinajstić information content (AvgIpc) is 2.55. The second kappa shape index (κ2) is 6.40. The highest BCUT2D eigenvalue weighted by Crippen LogP contribution is 2.28. The van der Waals surface area contributed by atoms with Gasteiger partial charge in [-0.3, -0.25) is 0 Å². The summed E-state index contributed by atoms with van der Waals surface area (Å²) >= 11 is 2.51. The molecule has 2 nitrogen and oxygen atoms in total. The van der Waals surface area contributed by atoms with Gasteiger partial charge in [-0.15, -0.1) is 0 Å². The van der Waals surface area contributed by atoms with Crippen molar-refractivity contribution in [1.29, 1.82) is 0 Å². The van der Waals surface area contributed by atoms with Crippen molar-refractivity contribution in [2.24, 2.45) is 5.92 Å². The van der Waals surface area contributed by atoms with Gasteiger partial charge in [-0.05, 0) is 38.0 Å². The Bertz CT molecular complexity index is 182. The normalized spacial score (nSPS) is 31.8. The molecular weight excluding hydrogens is 303 g/mol. The Morgan fingerprint density at radius 3 is 2.40 bits per heavy atom. The van der Waals surface area contributed by atoms with Crippen LogP contribution in [0.2, 0.25) is 0 Å². The average molecular weight is 324 g/mol. The molecule has 0 saturated heterocycles. The topological polar surface area (TPSA) is 18.5 Å². The van der Waals surface area contributed by atoms with Gasteiger partial charge >= 0.3 is 0 Å². The van der Waals surface area contributed by atoms with Crippen LogP contribution < -0.4 is 0 Å². The fourth-order valence-electron chi connectivity index (χ4n) is 2.24. The molecule has 0 aromatic rings. The van der Waals surface area contributed by atoms with Gasteiger partial charge in [0.15, 0.2) is 0 Å². The van der Waals surface area contributed by atoms with E-state index >= 15 is 0 Å². The van der Waals surface area contributed by atoms with Crippen LogP contribution >= 0.6 is 22.6 Å². The molecule has 88 valence electrons. The first kappa shape index (κ1) is 12.1. The number of rotatable bonds is 6. The summed E-state index contributed by atoms with van der Waals surface area (Å²) in [6.07, 6.45) is 8.56. The number of hydrogen-bond acceptors (Lipinski definition) is 2. The minimum atomic E-state index is 0.498. The Labute approximate surface area is 106 Å². The monoisotopic (exact) mass is 324 g/mol. The van der Waals surface area contributed by atoms with Crippen LogP contribution in [-0.4, -0.2) is 29.8 Å². The van der Waals surface area contributed by atoms with Crippen LogP contribution in [0.1, 0.15) is 38.5 Å². The third-order valence-electron chi connectivity index (χ3n) is 3.51. The lowest BCUT2D eigenvalue weighted by Crippen LogP contribution is -2.22. The number of hydrogen-bond donors (Lipinski definition) is 0. The van der Waals surface area contributed by atoms with Crippen molar-refractivity contribution in [3.8, 4) is 0 Å². The van der Waals surface area contributed by atoms with Gasteiger partial charge in [0.1, 0.15) is 0 Å². The maximum atomic E-state index is 5.82. The molecule has 0 spiro atoms. The van der Waals surface area contributed by atoms with Crippen molar-refractivity contribution >= 4 is 22.6 Å². The molecule has 0 radical (unpaired) electrons. The lowest BCUT2D eigenvalue weighted by molar-refractivity contribution is -0.00491. The first-order chi connectivity index (χ1) is 7.36. The van der Waals surface area contributed by atoms with Gasteiger partial charge in [-0.1, -0.05) is 29.0 Å². The molecule has 2 unspecified atom stereocenters. The fourth-order valence-corrected chi connectivity index (χ4v) is 3.24. The maximum Gasteiger partial charge on any atom is 0.0704 e. The lowest BCUT2D eigenvalue weighted by Gasteiger charge is -2.25. The van der Waals surface area contributed by atoms with Crippen LogP contribution in [0.3, 0.4) is 0 Å². The third kappa shape index (κ3) is 3.86. The molecule has 2 fully saturated rings. The number of halogens is 1. The zero-order valence-corrected chi connectivity index (χ0v) is 11.4. The summed E-state index contributed by atoms with van der Waals surface area (Å²) in [6, 6.07) is 0. The molecular formula is C12H21IO2. The zero-order chi connectivity index (χ0) is 10.5. The second-order valence-corrected chi connectivity index (χ2v) is 6.33. The molecule has 2 aliphatic rings. The molecule has 0 bridgehead atoms. The Balaban J connectivity index is 1.44. The van der Waals surface area contributed by atoms with Crippen LogP contribution in [-0.2, 0) is 9.47 Å². The molecule has 0 aromatic carbocycles. The molecule has 0 N–H and O–H groups in total. The smallest absolute Gasteiger partial charge is 0.0704 e. The fraction of sp³-hybridized carbons (Fsp3) is 1.00. The van der Waals surface area contributed by atoms with E-state index in [-0.39, 0.29) is 0 Å². The van der Waals surface area contributed by atoms with Gasteiger partial charge in [0.25, 0.3) is 0 Å². The number of ether oxygens (including phenoxy) is 2. The molecule has 0 aromatic heterocycles. The van der Waals surface area contributed by atoms with Gasteiger partial charge in [0.05, 0.1) is 19.3 Å². The highest BCUT2D eigenvalue weighted by molar-refractivity contribution is 14.1. The van der Waals surface area contributed by atoms with Crippen LogP contribution in [0, 0.1) is 5.92 Å².